The van der Waals surface area contributed by atoms with Gasteiger partial charge in [0.2, 0.25) is 0 Å². The van der Waals surface area contributed by atoms with Crippen LogP contribution in [0.15, 0.2) is 6.20 Å². The zero-order valence-corrected chi connectivity index (χ0v) is 12.4. The van der Waals surface area contributed by atoms with Gasteiger partial charge in [-0.05, 0) is 40.5 Å². The molecule has 4 heteroatoms. The molecule has 1 aromatic rings. The molecular formula is C14H27N3O. The van der Waals surface area contributed by atoms with Crippen LogP contribution in [0.1, 0.15) is 44.9 Å². The fourth-order valence-electron chi connectivity index (χ4n) is 1.73. The van der Waals surface area contributed by atoms with E-state index >= 15 is 0 Å². The smallest absolute Gasteiger partial charge is 0.0638 e. The first kappa shape index (κ1) is 15.2. The Kier molecular flexibility index (Phi) is 5.82. The molecule has 0 bridgehead atoms. The molecule has 4 nitrogen and oxygen atoms in total. The number of nitrogens with zero attached hydrogens (tertiary/aromatic N) is 2. The summed E-state index contributed by atoms with van der Waals surface area (Å²) in [5.74, 6) is 0. The average Bonchev–Trinajstić information content (AvgIpc) is 2.62. The molecule has 18 heavy (non-hydrogen) atoms. The second-order valence-electron chi connectivity index (χ2n) is 5.81. The number of rotatable bonds is 7. The van der Waals surface area contributed by atoms with E-state index < -0.39 is 0 Å². The summed E-state index contributed by atoms with van der Waals surface area (Å²) in [5.41, 5.74) is 2.56. The standard InChI is InChI=1S/C14H27N3O/c1-12-13(10-15-14(2,3)4)11-17(16-12)8-6-7-9-18-5/h11,15H,6-10H2,1-5H3. The molecule has 1 heterocycles. The molecule has 0 aliphatic heterocycles. The third-order valence-corrected chi connectivity index (χ3v) is 2.84. The van der Waals surface area contributed by atoms with E-state index in [9.17, 15) is 0 Å². The third kappa shape index (κ3) is 5.65. The Morgan fingerprint density at radius 1 is 1.33 bits per heavy atom. The summed E-state index contributed by atoms with van der Waals surface area (Å²) in [4.78, 5) is 0. The van der Waals surface area contributed by atoms with E-state index in [1.54, 1.807) is 7.11 Å². The molecule has 0 amide bonds. The maximum atomic E-state index is 5.05. The minimum atomic E-state index is 0.146. The van der Waals surface area contributed by atoms with Crippen molar-refractivity contribution < 1.29 is 4.74 Å². The van der Waals surface area contributed by atoms with E-state index in [2.05, 4.69) is 44.3 Å². The second-order valence-corrected chi connectivity index (χ2v) is 5.81. The van der Waals surface area contributed by atoms with Crippen molar-refractivity contribution in [1.29, 1.82) is 0 Å². The van der Waals surface area contributed by atoms with Crippen molar-refractivity contribution in [2.24, 2.45) is 0 Å². The molecule has 0 saturated carbocycles. The number of hydrogen-bond acceptors (Lipinski definition) is 3. The van der Waals surface area contributed by atoms with Gasteiger partial charge >= 0.3 is 0 Å². The van der Waals surface area contributed by atoms with Crippen molar-refractivity contribution in [3.8, 4) is 0 Å². The van der Waals surface area contributed by atoms with E-state index in [-0.39, 0.29) is 5.54 Å². The summed E-state index contributed by atoms with van der Waals surface area (Å²) >= 11 is 0. The third-order valence-electron chi connectivity index (χ3n) is 2.84. The van der Waals surface area contributed by atoms with Crippen molar-refractivity contribution in [2.45, 2.75) is 59.2 Å². The van der Waals surface area contributed by atoms with Gasteiger partial charge in [0, 0.05) is 44.1 Å². The van der Waals surface area contributed by atoms with Crippen LogP contribution in [-0.2, 0) is 17.8 Å². The Labute approximate surface area is 111 Å². The highest BCUT2D eigenvalue weighted by atomic mass is 16.5. The lowest BCUT2D eigenvalue weighted by Gasteiger charge is -2.20. The molecule has 0 unspecified atom stereocenters. The van der Waals surface area contributed by atoms with Crippen LogP contribution < -0.4 is 5.32 Å². The van der Waals surface area contributed by atoms with E-state index in [0.717, 1.165) is 38.2 Å². The van der Waals surface area contributed by atoms with Gasteiger partial charge in [0.1, 0.15) is 0 Å². The molecular weight excluding hydrogens is 226 g/mol. The van der Waals surface area contributed by atoms with Crippen molar-refractivity contribution in [1.82, 2.24) is 15.1 Å². The summed E-state index contributed by atoms with van der Waals surface area (Å²) in [6.45, 7) is 11.3. The van der Waals surface area contributed by atoms with Gasteiger partial charge in [-0.3, -0.25) is 4.68 Å². The fraction of sp³-hybridized carbons (Fsp3) is 0.786. The van der Waals surface area contributed by atoms with Crippen molar-refractivity contribution in [2.75, 3.05) is 13.7 Å². The fourth-order valence-corrected chi connectivity index (χ4v) is 1.73. The van der Waals surface area contributed by atoms with E-state index in [0.29, 0.717) is 0 Å². The number of unbranched alkanes of at least 4 members (excludes halogenated alkanes) is 1. The van der Waals surface area contributed by atoms with Gasteiger partial charge in [0.05, 0.1) is 5.69 Å². The van der Waals surface area contributed by atoms with Gasteiger partial charge in [-0.25, -0.2) is 0 Å². The topological polar surface area (TPSA) is 39.1 Å². The molecule has 1 N–H and O–H groups in total. The lowest BCUT2D eigenvalue weighted by molar-refractivity contribution is 0.191. The molecule has 1 rings (SSSR count). The van der Waals surface area contributed by atoms with Crippen LogP contribution in [0.25, 0.3) is 0 Å². The zero-order chi connectivity index (χ0) is 13.6. The number of nitrogens with one attached hydrogen (secondary N) is 1. The van der Waals surface area contributed by atoms with Crippen molar-refractivity contribution in [3.05, 3.63) is 17.5 Å². The second kappa shape index (κ2) is 6.90. The molecule has 0 saturated heterocycles. The van der Waals surface area contributed by atoms with E-state index in [1.165, 1.54) is 5.56 Å². The number of ether oxygens (including phenoxy) is 1. The lowest BCUT2D eigenvalue weighted by Crippen LogP contribution is -2.35. The lowest BCUT2D eigenvalue weighted by atomic mass is 10.1. The Morgan fingerprint density at radius 3 is 2.67 bits per heavy atom. The SMILES string of the molecule is COCCCCn1cc(CNC(C)(C)C)c(C)n1. The predicted octanol–water partition coefficient (Wildman–Crippen LogP) is 2.51. The van der Waals surface area contributed by atoms with Gasteiger partial charge < -0.3 is 10.1 Å². The van der Waals surface area contributed by atoms with Gasteiger partial charge in [-0.2, -0.15) is 5.10 Å². The highest BCUT2D eigenvalue weighted by molar-refractivity contribution is 5.15. The monoisotopic (exact) mass is 253 g/mol. The molecule has 0 aromatic carbocycles. The number of aromatic nitrogens is 2. The summed E-state index contributed by atoms with van der Waals surface area (Å²) in [6.07, 6.45) is 4.35. The molecule has 1 aromatic heterocycles. The minimum Gasteiger partial charge on any atom is -0.385 e. The first-order valence-corrected chi connectivity index (χ1v) is 6.69. The van der Waals surface area contributed by atoms with E-state index in [1.807, 2.05) is 4.68 Å². The summed E-state index contributed by atoms with van der Waals surface area (Å²) in [5, 5.41) is 8.04. The normalized spacial score (nSPS) is 12.1. The molecule has 0 aliphatic carbocycles. The molecule has 0 fully saturated rings. The summed E-state index contributed by atoms with van der Waals surface area (Å²) in [6, 6.07) is 0. The van der Waals surface area contributed by atoms with Crippen LogP contribution in [0, 0.1) is 6.92 Å². The van der Waals surface area contributed by atoms with Gasteiger partial charge in [0.25, 0.3) is 0 Å². The molecule has 0 aliphatic rings. The summed E-state index contributed by atoms with van der Waals surface area (Å²) < 4.78 is 7.09. The van der Waals surface area contributed by atoms with Gasteiger partial charge in [-0.1, -0.05) is 0 Å². The predicted molar refractivity (Wildman–Crippen MR) is 74.7 cm³/mol. The minimum absolute atomic E-state index is 0.146. The Bertz CT molecular complexity index is 352. The maximum Gasteiger partial charge on any atom is 0.0638 e. The maximum absolute atomic E-state index is 5.05. The molecule has 0 radical (unpaired) electrons. The first-order valence-electron chi connectivity index (χ1n) is 6.69. The largest absolute Gasteiger partial charge is 0.385 e. The molecule has 104 valence electrons. The zero-order valence-electron chi connectivity index (χ0n) is 12.4. The Hall–Kier alpha value is -0.870. The number of aryl methyl sites for hydroxylation is 2. The van der Waals surface area contributed by atoms with Crippen LogP contribution in [0.5, 0.6) is 0 Å². The van der Waals surface area contributed by atoms with Crippen LogP contribution in [0.3, 0.4) is 0 Å². The van der Waals surface area contributed by atoms with Crippen LogP contribution in [-0.4, -0.2) is 29.0 Å². The van der Waals surface area contributed by atoms with Crippen LogP contribution in [0.2, 0.25) is 0 Å². The highest BCUT2D eigenvalue weighted by Gasteiger charge is 2.11. The average molecular weight is 253 g/mol. The quantitative estimate of drug-likeness (QED) is 0.759. The molecule has 0 spiro atoms. The first-order chi connectivity index (χ1) is 8.42. The van der Waals surface area contributed by atoms with Crippen molar-refractivity contribution in [3.63, 3.8) is 0 Å². The molecule has 0 atom stereocenters. The van der Waals surface area contributed by atoms with Gasteiger partial charge in [0.15, 0.2) is 0 Å². The highest BCUT2D eigenvalue weighted by Crippen LogP contribution is 2.09. The van der Waals surface area contributed by atoms with Crippen LogP contribution in [0.4, 0.5) is 0 Å². The Morgan fingerprint density at radius 2 is 2.06 bits per heavy atom. The summed E-state index contributed by atoms with van der Waals surface area (Å²) in [7, 11) is 1.74. The number of methoxy groups -OCH3 is 1. The van der Waals surface area contributed by atoms with E-state index in [4.69, 9.17) is 4.74 Å². The number of hydrogen-bond donors (Lipinski definition) is 1. The van der Waals surface area contributed by atoms with Crippen molar-refractivity contribution >= 4 is 0 Å². The van der Waals surface area contributed by atoms with Gasteiger partial charge in [-0.15, -0.1) is 0 Å². The Balaban J connectivity index is 2.43. The van der Waals surface area contributed by atoms with Crippen LogP contribution >= 0.6 is 0 Å².